The molecular formula is C17H26ClN3O3S. The molecule has 2 amide bonds. The Balaban J connectivity index is 1.91. The predicted molar refractivity (Wildman–Crippen MR) is 101 cm³/mol. The van der Waals surface area contributed by atoms with Crippen LogP contribution in [0.1, 0.15) is 12.0 Å². The Morgan fingerprint density at radius 2 is 1.92 bits per heavy atom. The number of likely N-dealkylation sites (N-methyl/N-ethyl adjacent to an activating group) is 1. The minimum atomic E-state index is -3.03. The third-order valence-corrected chi connectivity index (χ3v) is 6.30. The smallest absolute Gasteiger partial charge is 0.317 e. The van der Waals surface area contributed by atoms with E-state index in [-0.39, 0.29) is 23.6 Å². The highest BCUT2D eigenvalue weighted by Crippen LogP contribution is 2.18. The number of benzene rings is 1. The maximum absolute atomic E-state index is 12.6. The van der Waals surface area contributed by atoms with E-state index in [1.807, 2.05) is 43.3 Å². The lowest BCUT2D eigenvalue weighted by Gasteiger charge is -2.29. The van der Waals surface area contributed by atoms with Crippen molar-refractivity contribution < 1.29 is 13.2 Å². The lowest BCUT2D eigenvalue weighted by molar-refractivity contribution is 0.173. The summed E-state index contributed by atoms with van der Waals surface area (Å²) in [5.74, 6) is 0.221. The lowest BCUT2D eigenvalue weighted by atomic mass is 10.1. The van der Waals surface area contributed by atoms with E-state index in [2.05, 4.69) is 5.32 Å². The van der Waals surface area contributed by atoms with Gasteiger partial charge in [0.25, 0.3) is 0 Å². The van der Waals surface area contributed by atoms with Crippen LogP contribution in [0, 0.1) is 0 Å². The van der Waals surface area contributed by atoms with E-state index in [0.29, 0.717) is 37.5 Å². The van der Waals surface area contributed by atoms with Crippen LogP contribution in [0.4, 0.5) is 4.79 Å². The van der Waals surface area contributed by atoms with Crippen molar-refractivity contribution in [1.82, 2.24) is 15.1 Å². The molecule has 0 spiro atoms. The minimum absolute atomic E-state index is 0.0605. The Morgan fingerprint density at radius 3 is 2.48 bits per heavy atom. The summed E-state index contributed by atoms with van der Waals surface area (Å²) in [6.07, 6.45) is 1.22. The van der Waals surface area contributed by atoms with E-state index in [9.17, 15) is 13.2 Å². The van der Waals surface area contributed by atoms with Crippen LogP contribution in [0.5, 0.6) is 0 Å². The van der Waals surface area contributed by atoms with Gasteiger partial charge in [0.1, 0.15) is 0 Å². The fraction of sp³-hybridized carbons (Fsp3) is 0.588. The van der Waals surface area contributed by atoms with Crippen molar-refractivity contribution in [3.05, 3.63) is 34.9 Å². The molecule has 0 aliphatic carbocycles. The predicted octanol–water partition coefficient (Wildman–Crippen LogP) is 1.64. The summed E-state index contributed by atoms with van der Waals surface area (Å²) < 4.78 is 23.5. The topological polar surface area (TPSA) is 69.7 Å². The highest BCUT2D eigenvalue weighted by molar-refractivity contribution is 7.91. The first-order chi connectivity index (χ1) is 11.8. The number of carbonyl (C=O) groups excluding carboxylic acids is 1. The van der Waals surface area contributed by atoms with Gasteiger partial charge in [-0.05, 0) is 44.6 Å². The fourth-order valence-electron chi connectivity index (χ4n) is 2.85. The fourth-order valence-corrected chi connectivity index (χ4v) is 4.70. The van der Waals surface area contributed by atoms with Gasteiger partial charge >= 0.3 is 6.03 Å². The van der Waals surface area contributed by atoms with Crippen LogP contribution in [0.25, 0.3) is 0 Å². The van der Waals surface area contributed by atoms with E-state index >= 15 is 0 Å². The molecule has 0 aromatic heterocycles. The zero-order chi connectivity index (χ0) is 18.4. The molecule has 1 aliphatic heterocycles. The monoisotopic (exact) mass is 387 g/mol. The minimum Gasteiger partial charge on any atom is -0.338 e. The maximum atomic E-state index is 12.6. The number of nitrogens with one attached hydrogen (secondary N) is 1. The second-order valence-electron chi connectivity index (χ2n) is 6.66. The summed E-state index contributed by atoms with van der Waals surface area (Å²) in [7, 11) is 0.837. The van der Waals surface area contributed by atoms with Crippen LogP contribution >= 0.6 is 11.6 Å². The summed E-state index contributed by atoms with van der Waals surface area (Å²) in [5.41, 5.74) is 1.09. The van der Waals surface area contributed by atoms with Crippen LogP contribution in [0.15, 0.2) is 24.3 Å². The van der Waals surface area contributed by atoms with Crippen LogP contribution < -0.4 is 5.32 Å². The van der Waals surface area contributed by atoms with E-state index in [0.717, 1.165) is 5.56 Å². The summed E-state index contributed by atoms with van der Waals surface area (Å²) in [5, 5.41) is 3.60. The van der Waals surface area contributed by atoms with Crippen molar-refractivity contribution in [2.24, 2.45) is 0 Å². The third kappa shape index (κ3) is 6.49. The summed E-state index contributed by atoms with van der Waals surface area (Å²) >= 11 is 5.86. The number of nitrogens with zero attached hydrogens (tertiary/aromatic N) is 2. The number of hydrogen-bond acceptors (Lipinski definition) is 4. The van der Waals surface area contributed by atoms with Gasteiger partial charge < -0.3 is 15.1 Å². The molecule has 1 aromatic rings. The van der Waals surface area contributed by atoms with Crippen LogP contribution in [0.2, 0.25) is 5.02 Å². The second-order valence-corrected chi connectivity index (χ2v) is 9.33. The normalized spacial score (nSPS) is 19.1. The standard InChI is InChI=1S/C17H26ClN3O3S/c1-20(2)10-11-21(16-8-12-25(23,24)13-16)17(22)19-9-7-14-3-5-15(18)6-4-14/h3-6,16H,7-13H2,1-2H3,(H,19,22). The molecule has 1 aliphatic rings. The van der Waals surface area contributed by atoms with E-state index in [4.69, 9.17) is 11.6 Å². The van der Waals surface area contributed by atoms with E-state index in [1.54, 1.807) is 4.90 Å². The average molecular weight is 388 g/mol. The van der Waals surface area contributed by atoms with Crippen molar-refractivity contribution in [3.63, 3.8) is 0 Å². The van der Waals surface area contributed by atoms with Crippen molar-refractivity contribution in [1.29, 1.82) is 0 Å². The van der Waals surface area contributed by atoms with Crippen LogP contribution in [-0.4, -0.2) is 75.5 Å². The van der Waals surface area contributed by atoms with Crippen molar-refractivity contribution in [2.75, 3.05) is 45.2 Å². The van der Waals surface area contributed by atoms with Crippen LogP contribution in [0.3, 0.4) is 0 Å². The summed E-state index contributed by atoms with van der Waals surface area (Å²) in [6, 6.07) is 7.08. The number of urea groups is 1. The second kappa shape index (κ2) is 8.87. The first-order valence-electron chi connectivity index (χ1n) is 8.41. The molecule has 1 unspecified atom stereocenters. The molecule has 1 N–H and O–H groups in total. The highest BCUT2D eigenvalue weighted by atomic mass is 35.5. The Bertz CT molecular complexity index is 677. The third-order valence-electron chi connectivity index (χ3n) is 4.30. The molecule has 0 bridgehead atoms. The molecule has 1 heterocycles. The molecule has 1 atom stereocenters. The van der Waals surface area contributed by atoms with E-state index < -0.39 is 9.84 Å². The average Bonchev–Trinajstić information content (AvgIpc) is 2.89. The quantitative estimate of drug-likeness (QED) is 0.772. The molecule has 1 aromatic carbocycles. The van der Waals surface area contributed by atoms with E-state index in [1.165, 1.54) is 0 Å². The Labute approximate surface area is 155 Å². The van der Waals surface area contributed by atoms with Gasteiger partial charge in [0.05, 0.1) is 11.5 Å². The van der Waals surface area contributed by atoms with Gasteiger partial charge in [-0.25, -0.2) is 13.2 Å². The SMILES string of the molecule is CN(C)CCN(C(=O)NCCc1ccc(Cl)cc1)C1CCS(=O)(=O)C1. The van der Waals surface area contributed by atoms with Gasteiger partial charge in [0.2, 0.25) is 0 Å². The number of amides is 2. The van der Waals surface area contributed by atoms with Gasteiger partial charge in [-0.1, -0.05) is 23.7 Å². The zero-order valence-electron chi connectivity index (χ0n) is 14.7. The van der Waals surface area contributed by atoms with Crippen molar-refractivity contribution in [3.8, 4) is 0 Å². The lowest BCUT2D eigenvalue weighted by Crippen LogP contribution is -2.49. The number of hydrogen-bond donors (Lipinski definition) is 1. The van der Waals surface area contributed by atoms with Crippen molar-refractivity contribution >= 4 is 27.5 Å². The molecule has 140 valence electrons. The first kappa shape index (κ1) is 20.0. The van der Waals surface area contributed by atoms with Gasteiger partial charge in [0, 0.05) is 30.7 Å². The Kier molecular flexibility index (Phi) is 7.10. The zero-order valence-corrected chi connectivity index (χ0v) is 16.3. The summed E-state index contributed by atoms with van der Waals surface area (Å²) in [4.78, 5) is 16.2. The molecule has 25 heavy (non-hydrogen) atoms. The first-order valence-corrected chi connectivity index (χ1v) is 10.6. The number of sulfone groups is 1. The molecule has 0 radical (unpaired) electrons. The van der Waals surface area contributed by atoms with Crippen molar-refractivity contribution in [2.45, 2.75) is 18.9 Å². The van der Waals surface area contributed by atoms with Crippen LogP contribution in [-0.2, 0) is 16.3 Å². The molecule has 1 saturated heterocycles. The molecule has 1 fully saturated rings. The Hall–Kier alpha value is -1.31. The Morgan fingerprint density at radius 1 is 1.24 bits per heavy atom. The molecule has 6 nitrogen and oxygen atoms in total. The summed E-state index contributed by atoms with van der Waals surface area (Å²) in [6.45, 7) is 1.71. The number of rotatable bonds is 7. The molecular weight excluding hydrogens is 362 g/mol. The largest absolute Gasteiger partial charge is 0.338 e. The van der Waals surface area contributed by atoms with Gasteiger partial charge in [-0.15, -0.1) is 0 Å². The number of halogens is 1. The van der Waals surface area contributed by atoms with Gasteiger partial charge in [-0.2, -0.15) is 0 Å². The maximum Gasteiger partial charge on any atom is 0.317 e. The van der Waals surface area contributed by atoms with Gasteiger partial charge in [0.15, 0.2) is 9.84 Å². The highest BCUT2D eigenvalue weighted by Gasteiger charge is 2.34. The molecule has 0 saturated carbocycles. The number of carbonyl (C=O) groups is 1. The molecule has 8 heteroatoms. The molecule has 2 rings (SSSR count). The van der Waals surface area contributed by atoms with Gasteiger partial charge in [-0.3, -0.25) is 0 Å².